The van der Waals surface area contributed by atoms with Gasteiger partial charge in [-0.3, -0.25) is 4.79 Å². The number of carbonyl (C=O) groups is 1. The van der Waals surface area contributed by atoms with E-state index < -0.39 is 24.1 Å². The first-order valence-electron chi connectivity index (χ1n) is 9.81. The van der Waals surface area contributed by atoms with Crippen molar-refractivity contribution in [3.8, 4) is 11.1 Å². The zero-order valence-corrected chi connectivity index (χ0v) is 17.1. The topological polar surface area (TPSA) is 89.1 Å². The van der Waals surface area contributed by atoms with Gasteiger partial charge < -0.3 is 10.8 Å². The van der Waals surface area contributed by atoms with Gasteiger partial charge >= 0.3 is 12.1 Å². The van der Waals surface area contributed by atoms with Crippen molar-refractivity contribution in [3.63, 3.8) is 0 Å². The minimum absolute atomic E-state index is 0.0744. The van der Waals surface area contributed by atoms with Crippen LogP contribution in [0.1, 0.15) is 48.9 Å². The van der Waals surface area contributed by atoms with Crippen molar-refractivity contribution in [1.29, 1.82) is 0 Å². The average molecular weight is 440 g/mol. The first-order valence-corrected chi connectivity index (χ1v) is 11.0. The van der Waals surface area contributed by atoms with Crippen LogP contribution in [0.5, 0.6) is 0 Å². The van der Waals surface area contributed by atoms with Crippen molar-refractivity contribution >= 4 is 17.7 Å². The second-order valence-corrected chi connectivity index (χ2v) is 8.68. The van der Waals surface area contributed by atoms with E-state index in [9.17, 15) is 18.0 Å². The molecule has 3 N–H and O–H groups in total. The molecule has 0 radical (unpaired) electrons. The molecule has 1 aliphatic carbocycles. The van der Waals surface area contributed by atoms with Crippen LogP contribution in [-0.4, -0.2) is 44.8 Å². The predicted molar refractivity (Wildman–Crippen MR) is 110 cm³/mol. The van der Waals surface area contributed by atoms with Crippen LogP contribution in [0.3, 0.4) is 0 Å². The lowest BCUT2D eigenvalue weighted by Crippen LogP contribution is -2.30. The van der Waals surface area contributed by atoms with Crippen LogP contribution in [0.4, 0.5) is 13.2 Å². The number of hydrogen-bond acceptors (Lipinski definition) is 5. The van der Waals surface area contributed by atoms with Crippen LogP contribution in [-0.2, 0) is 4.79 Å². The highest BCUT2D eigenvalue weighted by Crippen LogP contribution is 2.39. The number of benzene rings is 1. The van der Waals surface area contributed by atoms with Gasteiger partial charge in [-0.05, 0) is 48.3 Å². The molecule has 0 bridgehead atoms. The zero-order chi connectivity index (χ0) is 21.7. The Bertz CT molecular complexity index is 840. The summed E-state index contributed by atoms with van der Waals surface area (Å²) in [6.07, 6.45) is 1.45. The summed E-state index contributed by atoms with van der Waals surface area (Å²) in [6.45, 7) is 0. The van der Waals surface area contributed by atoms with E-state index in [1.165, 1.54) is 23.9 Å². The molecule has 2 unspecified atom stereocenters. The predicted octanol–water partition coefficient (Wildman–Crippen LogP) is 4.59. The monoisotopic (exact) mass is 439 g/mol. The Morgan fingerprint density at radius 2 is 1.70 bits per heavy atom. The van der Waals surface area contributed by atoms with Gasteiger partial charge in [-0.2, -0.15) is 24.9 Å². The van der Waals surface area contributed by atoms with Crippen molar-refractivity contribution in [2.75, 3.05) is 11.5 Å². The molecule has 0 aliphatic heterocycles. The first kappa shape index (κ1) is 22.6. The number of nitrogens with zero attached hydrogens (tertiary/aromatic N) is 2. The first-order chi connectivity index (χ1) is 14.3. The van der Waals surface area contributed by atoms with Crippen molar-refractivity contribution in [2.24, 2.45) is 5.73 Å². The number of thioether (sulfide) groups is 1. The molecule has 9 heteroatoms. The van der Waals surface area contributed by atoms with Crippen LogP contribution in [0.15, 0.2) is 36.7 Å². The minimum Gasteiger partial charge on any atom is -0.480 e. The number of alkyl halides is 3. The number of carboxylic acid groups (broad SMARTS) is 1. The van der Waals surface area contributed by atoms with Crippen molar-refractivity contribution in [3.05, 3.63) is 48.0 Å². The maximum atomic E-state index is 13.6. The van der Waals surface area contributed by atoms with Crippen molar-refractivity contribution < 1.29 is 23.1 Å². The molecule has 30 heavy (non-hydrogen) atoms. The van der Waals surface area contributed by atoms with E-state index >= 15 is 0 Å². The van der Waals surface area contributed by atoms with Gasteiger partial charge in [0.05, 0.1) is 5.92 Å². The lowest BCUT2D eigenvalue weighted by Gasteiger charge is -2.21. The van der Waals surface area contributed by atoms with Crippen LogP contribution >= 0.6 is 11.8 Å². The lowest BCUT2D eigenvalue weighted by atomic mass is 9.94. The minimum atomic E-state index is -4.35. The summed E-state index contributed by atoms with van der Waals surface area (Å²) >= 11 is 1.29. The molecular formula is C21H24F3N3O2S. The van der Waals surface area contributed by atoms with Gasteiger partial charge in [-0.15, -0.1) is 0 Å². The summed E-state index contributed by atoms with van der Waals surface area (Å²) < 4.78 is 40.7. The Labute approximate surface area is 177 Å². The van der Waals surface area contributed by atoms with Crippen molar-refractivity contribution in [2.45, 2.75) is 49.7 Å². The molecule has 1 saturated carbocycles. The third kappa shape index (κ3) is 6.18. The highest BCUT2D eigenvalue weighted by atomic mass is 32.2. The smallest absolute Gasteiger partial charge is 0.395 e. The number of rotatable bonds is 10. The van der Waals surface area contributed by atoms with Gasteiger partial charge in [0.1, 0.15) is 11.9 Å². The third-order valence-corrected chi connectivity index (χ3v) is 6.15. The average Bonchev–Trinajstić information content (AvgIpc) is 3.55. The Morgan fingerprint density at radius 1 is 1.10 bits per heavy atom. The van der Waals surface area contributed by atoms with E-state index in [1.807, 2.05) is 0 Å². The Hall–Kier alpha value is -2.13. The summed E-state index contributed by atoms with van der Waals surface area (Å²) in [6, 6.07) is 5.37. The Morgan fingerprint density at radius 3 is 2.23 bits per heavy atom. The van der Waals surface area contributed by atoms with Crippen LogP contribution in [0.25, 0.3) is 11.1 Å². The number of aliphatic carboxylic acids is 1. The number of nitrogens with two attached hydrogens (primary N) is 1. The molecular weight excluding hydrogens is 415 g/mol. The Kier molecular flexibility index (Phi) is 7.36. The molecule has 0 saturated heterocycles. The second-order valence-electron chi connectivity index (χ2n) is 7.45. The molecule has 3 rings (SSSR count). The summed E-state index contributed by atoms with van der Waals surface area (Å²) in [4.78, 5) is 19.4. The highest BCUT2D eigenvalue weighted by molar-refractivity contribution is 7.99. The molecule has 2 aromatic rings. The number of hydrogen-bond donors (Lipinski definition) is 2. The van der Waals surface area contributed by atoms with E-state index in [0.717, 1.165) is 29.8 Å². The summed E-state index contributed by atoms with van der Waals surface area (Å²) in [5.41, 5.74) is 7.17. The van der Waals surface area contributed by atoms with Crippen LogP contribution < -0.4 is 5.73 Å². The number of carboxylic acids is 1. The molecule has 0 amide bonds. The molecule has 1 aliphatic rings. The Balaban J connectivity index is 1.59. The number of halogens is 3. The molecule has 2 atom stereocenters. The molecule has 1 aromatic carbocycles. The lowest BCUT2D eigenvalue weighted by molar-refractivity contribution is -0.150. The molecule has 0 spiro atoms. The fourth-order valence-corrected chi connectivity index (χ4v) is 4.13. The fraction of sp³-hybridized carbons (Fsp3) is 0.476. The SMILES string of the molecule is NC(CCSCCC(c1ccc(-c2cnc(C3CC3)nc2)cc1)C(F)(F)F)C(=O)O. The van der Waals surface area contributed by atoms with E-state index in [0.29, 0.717) is 11.7 Å². The van der Waals surface area contributed by atoms with E-state index in [-0.39, 0.29) is 24.2 Å². The van der Waals surface area contributed by atoms with E-state index in [1.54, 1.807) is 24.5 Å². The van der Waals surface area contributed by atoms with E-state index in [4.69, 9.17) is 10.8 Å². The molecule has 1 fully saturated rings. The quantitative estimate of drug-likeness (QED) is 0.526. The standard InChI is InChI=1S/C21H24F3N3O2S/c22-21(23,24)17(7-9-30-10-8-18(25)20(28)29)14-3-1-13(2-4-14)16-11-26-19(27-12-16)15-5-6-15/h1-4,11-12,15,17-18H,5-10,25H2,(H,28,29). The molecule has 1 heterocycles. The summed E-state index contributed by atoms with van der Waals surface area (Å²) in [5, 5.41) is 8.74. The molecule has 162 valence electrons. The zero-order valence-electron chi connectivity index (χ0n) is 16.3. The maximum absolute atomic E-state index is 13.6. The van der Waals surface area contributed by atoms with E-state index in [2.05, 4.69) is 9.97 Å². The highest BCUT2D eigenvalue weighted by Gasteiger charge is 2.40. The third-order valence-electron chi connectivity index (χ3n) is 5.10. The largest absolute Gasteiger partial charge is 0.480 e. The second kappa shape index (κ2) is 9.78. The van der Waals surface area contributed by atoms with Gasteiger partial charge in [-0.1, -0.05) is 24.3 Å². The van der Waals surface area contributed by atoms with Crippen LogP contribution in [0.2, 0.25) is 0 Å². The summed E-state index contributed by atoms with van der Waals surface area (Å²) in [5.74, 6) is -0.707. The molecule has 5 nitrogen and oxygen atoms in total. The summed E-state index contributed by atoms with van der Waals surface area (Å²) in [7, 11) is 0. The van der Waals surface area contributed by atoms with Gasteiger partial charge in [0.25, 0.3) is 0 Å². The van der Waals surface area contributed by atoms with Gasteiger partial charge in [0, 0.05) is 23.9 Å². The van der Waals surface area contributed by atoms with Crippen molar-refractivity contribution in [1.82, 2.24) is 9.97 Å². The van der Waals surface area contributed by atoms with Crippen LogP contribution in [0, 0.1) is 0 Å². The van der Waals surface area contributed by atoms with Gasteiger partial charge in [-0.25, -0.2) is 9.97 Å². The van der Waals surface area contributed by atoms with Gasteiger partial charge in [0.15, 0.2) is 0 Å². The molecule has 1 aromatic heterocycles. The fourth-order valence-electron chi connectivity index (χ4n) is 3.10. The normalized spacial score (nSPS) is 16.3. The number of aromatic nitrogens is 2. The van der Waals surface area contributed by atoms with Gasteiger partial charge in [0.2, 0.25) is 0 Å². The maximum Gasteiger partial charge on any atom is 0.395 e.